The molecule has 1 atom stereocenters. The van der Waals surface area contributed by atoms with Crippen LogP contribution < -0.4 is 10.1 Å². The predicted molar refractivity (Wildman–Crippen MR) is 53.3 cm³/mol. The number of ether oxygens (including phenoxy) is 1. The summed E-state index contributed by atoms with van der Waals surface area (Å²) < 4.78 is 55.6. The van der Waals surface area contributed by atoms with Crippen LogP contribution in [0.25, 0.3) is 0 Å². The van der Waals surface area contributed by atoms with E-state index in [9.17, 15) is 17.6 Å². The van der Waals surface area contributed by atoms with Crippen LogP contribution in [0.4, 0.5) is 17.6 Å². The number of nitrogens with one attached hydrogen (secondary N) is 1. The fourth-order valence-electron chi connectivity index (χ4n) is 1.72. The lowest BCUT2D eigenvalue weighted by Crippen LogP contribution is -2.20. The van der Waals surface area contributed by atoms with E-state index in [1.54, 1.807) is 0 Å². The molecule has 1 aliphatic heterocycles. The summed E-state index contributed by atoms with van der Waals surface area (Å²) in [5, 5.41) is 3.03. The van der Waals surface area contributed by atoms with Crippen molar-refractivity contribution in [3.8, 4) is 5.75 Å². The quantitative estimate of drug-likeness (QED) is 0.813. The second-order valence-electron chi connectivity index (χ2n) is 3.87. The summed E-state index contributed by atoms with van der Waals surface area (Å²) in [5.74, 6) is -1.23. The standard InChI is InChI=1S/C11H11F4NO/c12-10-2-1-7(5-9(10)11(13,14)15)17-8-3-4-16-6-8/h1-2,5,8,16H,3-4,6H2. The van der Waals surface area contributed by atoms with Gasteiger partial charge < -0.3 is 10.1 Å². The monoisotopic (exact) mass is 249 g/mol. The maximum atomic E-state index is 13.0. The Hall–Kier alpha value is -1.30. The number of benzene rings is 1. The minimum atomic E-state index is -4.70. The normalized spacial score (nSPS) is 20.6. The third kappa shape index (κ3) is 2.88. The molecule has 0 aromatic heterocycles. The molecule has 0 aliphatic carbocycles. The molecular weight excluding hydrogens is 238 g/mol. The third-order valence-corrected chi connectivity index (χ3v) is 2.56. The average Bonchev–Trinajstić information content (AvgIpc) is 2.72. The minimum absolute atomic E-state index is 0.0485. The molecule has 0 bridgehead atoms. The topological polar surface area (TPSA) is 21.3 Å². The van der Waals surface area contributed by atoms with E-state index in [1.165, 1.54) is 6.07 Å². The van der Waals surface area contributed by atoms with Crippen molar-refractivity contribution in [3.63, 3.8) is 0 Å². The summed E-state index contributed by atoms with van der Waals surface area (Å²) in [6.45, 7) is 1.37. The molecule has 0 amide bonds. The molecule has 6 heteroatoms. The van der Waals surface area contributed by atoms with Gasteiger partial charge in [0.15, 0.2) is 0 Å². The van der Waals surface area contributed by atoms with Gasteiger partial charge in [0.25, 0.3) is 0 Å². The van der Waals surface area contributed by atoms with Crippen molar-refractivity contribution in [2.24, 2.45) is 0 Å². The van der Waals surface area contributed by atoms with Crippen LogP contribution in [-0.2, 0) is 6.18 Å². The van der Waals surface area contributed by atoms with Gasteiger partial charge in [-0.1, -0.05) is 0 Å². The summed E-state index contributed by atoms with van der Waals surface area (Å²) in [5.41, 5.74) is -1.29. The molecule has 1 heterocycles. The van der Waals surface area contributed by atoms with E-state index in [0.717, 1.165) is 19.0 Å². The average molecular weight is 249 g/mol. The molecule has 1 aliphatic rings. The number of hydrogen-bond acceptors (Lipinski definition) is 2. The second kappa shape index (κ2) is 4.52. The molecule has 0 radical (unpaired) electrons. The Morgan fingerprint density at radius 1 is 1.29 bits per heavy atom. The number of alkyl halides is 3. The van der Waals surface area contributed by atoms with Gasteiger partial charge in [0, 0.05) is 6.54 Å². The van der Waals surface area contributed by atoms with Crippen molar-refractivity contribution in [2.75, 3.05) is 13.1 Å². The molecule has 1 fully saturated rings. The summed E-state index contributed by atoms with van der Waals surface area (Å²) in [7, 11) is 0. The fourth-order valence-corrected chi connectivity index (χ4v) is 1.72. The van der Waals surface area contributed by atoms with Crippen LogP contribution in [0.1, 0.15) is 12.0 Å². The Morgan fingerprint density at radius 3 is 2.65 bits per heavy atom. The first-order valence-corrected chi connectivity index (χ1v) is 5.21. The van der Waals surface area contributed by atoms with E-state index in [0.29, 0.717) is 12.6 Å². The Kier molecular flexibility index (Phi) is 3.24. The molecule has 1 aromatic carbocycles. The van der Waals surface area contributed by atoms with Crippen molar-refractivity contribution < 1.29 is 22.3 Å². The Morgan fingerprint density at radius 2 is 2.06 bits per heavy atom. The van der Waals surface area contributed by atoms with Gasteiger partial charge in [-0.2, -0.15) is 13.2 Å². The summed E-state index contributed by atoms with van der Waals surface area (Å²) in [4.78, 5) is 0. The maximum Gasteiger partial charge on any atom is 0.419 e. The molecule has 1 unspecified atom stereocenters. The van der Waals surface area contributed by atoms with Crippen LogP contribution in [0.15, 0.2) is 18.2 Å². The Labute approximate surface area is 95.6 Å². The minimum Gasteiger partial charge on any atom is -0.489 e. The van der Waals surface area contributed by atoms with Crippen LogP contribution >= 0.6 is 0 Å². The van der Waals surface area contributed by atoms with Gasteiger partial charge in [0.1, 0.15) is 17.7 Å². The summed E-state index contributed by atoms with van der Waals surface area (Å²) in [6, 6.07) is 2.69. The highest BCUT2D eigenvalue weighted by atomic mass is 19.4. The van der Waals surface area contributed by atoms with Gasteiger partial charge in [0.05, 0.1) is 5.56 Å². The van der Waals surface area contributed by atoms with Gasteiger partial charge in [-0.25, -0.2) is 4.39 Å². The molecule has 1 saturated heterocycles. The summed E-state index contributed by atoms with van der Waals surface area (Å²) >= 11 is 0. The van der Waals surface area contributed by atoms with Crippen molar-refractivity contribution >= 4 is 0 Å². The highest BCUT2D eigenvalue weighted by Gasteiger charge is 2.34. The molecule has 0 saturated carbocycles. The van der Waals surface area contributed by atoms with Gasteiger partial charge in [0.2, 0.25) is 0 Å². The van der Waals surface area contributed by atoms with Gasteiger partial charge >= 0.3 is 6.18 Å². The number of halogens is 4. The molecule has 1 N–H and O–H groups in total. The molecule has 94 valence electrons. The lowest BCUT2D eigenvalue weighted by atomic mass is 10.2. The Bertz CT molecular complexity index is 399. The number of rotatable bonds is 2. The van der Waals surface area contributed by atoms with Crippen LogP contribution in [0.5, 0.6) is 5.75 Å². The zero-order chi connectivity index (χ0) is 12.5. The SMILES string of the molecule is Fc1ccc(OC2CCNC2)cc1C(F)(F)F. The molecule has 1 aromatic rings. The molecule has 2 rings (SSSR count). The van der Waals surface area contributed by atoms with E-state index >= 15 is 0 Å². The molecular formula is C11H11F4NO. The first-order valence-electron chi connectivity index (χ1n) is 5.21. The fraction of sp³-hybridized carbons (Fsp3) is 0.455. The maximum absolute atomic E-state index is 13.0. The van der Waals surface area contributed by atoms with Crippen molar-refractivity contribution in [2.45, 2.75) is 18.7 Å². The highest BCUT2D eigenvalue weighted by molar-refractivity contribution is 5.31. The van der Waals surface area contributed by atoms with E-state index in [2.05, 4.69) is 5.32 Å². The second-order valence-corrected chi connectivity index (χ2v) is 3.87. The molecule has 17 heavy (non-hydrogen) atoms. The zero-order valence-electron chi connectivity index (χ0n) is 8.85. The van der Waals surface area contributed by atoms with Gasteiger partial charge in [-0.15, -0.1) is 0 Å². The highest BCUT2D eigenvalue weighted by Crippen LogP contribution is 2.33. The predicted octanol–water partition coefficient (Wildman–Crippen LogP) is 2.59. The Balaban J connectivity index is 2.18. The van der Waals surface area contributed by atoms with E-state index in [1.807, 2.05) is 0 Å². The van der Waals surface area contributed by atoms with Crippen LogP contribution in [0.3, 0.4) is 0 Å². The van der Waals surface area contributed by atoms with E-state index in [4.69, 9.17) is 4.74 Å². The summed E-state index contributed by atoms with van der Waals surface area (Å²) in [6.07, 6.45) is -4.11. The molecule has 2 nitrogen and oxygen atoms in total. The van der Waals surface area contributed by atoms with Gasteiger partial charge in [-0.05, 0) is 31.2 Å². The van der Waals surface area contributed by atoms with E-state index in [-0.39, 0.29) is 11.9 Å². The zero-order valence-corrected chi connectivity index (χ0v) is 8.85. The van der Waals surface area contributed by atoms with Crippen molar-refractivity contribution in [3.05, 3.63) is 29.6 Å². The molecule has 0 spiro atoms. The smallest absolute Gasteiger partial charge is 0.419 e. The third-order valence-electron chi connectivity index (χ3n) is 2.56. The lowest BCUT2D eigenvalue weighted by molar-refractivity contribution is -0.140. The first-order chi connectivity index (χ1) is 7.97. The number of hydrogen-bond donors (Lipinski definition) is 1. The lowest BCUT2D eigenvalue weighted by Gasteiger charge is -2.14. The van der Waals surface area contributed by atoms with Crippen LogP contribution in [0.2, 0.25) is 0 Å². The first kappa shape index (κ1) is 12.2. The largest absolute Gasteiger partial charge is 0.489 e. The van der Waals surface area contributed by atoms with E-state index < -0.39 is 17.6 Å². The van der Waals surface area contributed by atoms with Crippen LogP contribution in [0, 0.1) is 5.82 Å². The van der Waals surface area contributed by atoms with Crippen molar-refractivity contribution in [1.29, 1.82) is 0 Å². The van der Waals surface area contributed by atoms with Crippen LogP contribution in [-0.4, -0.2) is 19.2 Å². The van der Waals surface area contributed by atoms with Gasteiger partial charge in [-0.3, -0.25) is 0 Å². The van der Waals surface area contributed by atoms with Crippen molar-refractivity contribution in [1.82, 2.24) is 5.32 Å².